The lowest BCUT2D eigenvalue weighted by atomic mass is 9.90. The van der Waals surface area contributed by atoms with E-state index in [1.165, 1.54) is 18.5 Å². The first kappa shape index (κ1) is 19.7. The number of fused-ring (bicyclic) bond motifs is 1. The molecule has 6 nitrogen and oxygen atoms in total. The van der Waals surface area contributed by atoms with Crippen LogP contribution in [0, 0.1) is 11.3 Å². The number of nitrogens with one attached hydrogen (secondary N) is 1. The number of halogens is 1. The predicted molar refractivity (Wildman–Crippen MR) is 114 cm³/mol. The number of ether oxygens (including phenoxy) is 1. The number of nitriles is 1. The number of carboxylic acids is 1. The van der Waals surface area contributed by atoms with Gasteiger partial charge >= 0.3 is 5.97 Å². The summed E-state index contributed by atoms with van der Waals surface area (Å²) >= 11 is 6.36. The second kappa shape index (κ2) is 8.44. The molecule has 0 radical (unpaired) electrons. The number of carbonyl (C=O) groups is 1. The maximum Gasteiger partial charge on any atom is 0.337 e. The van der Waals surface area contributed by atoms with E-state index in [1.54, 1.807) is 12.1 Å². The van der Waals surface area contributed by atoms with Gasteiger partial charge in [0.25, 0.3) is 0 Å². The van der Waals surface area contributed by atoms with E-state index >= 15 is 0 Å². The molecule has 4 rings (SSSR count). The van der Waals surface area contributed by atoms with Crippen molar-refractivity contribution in [1.82, 2.24) is 4.98 Å². The summed E-state index contributed by atoms with van der Waals surface area (Å²) in [5.41, 5.74) is 4.02. The van der Waals surface area contributed by atoms with Crippen LogP contribution in [0.3, 0.4) is 0 Å². The number of pyridine rings is 1. The van der Waals surface area contributed by atoms with Gasteiger partial charge in [-0.25, -0.2) is 4.79 Å². The van der Waals surface area contributed by atoms with E-state index in [0.29, 0.717) is 29.4 Å². The first-order chi connectivity index (χ1) is 14.6. The van der Waals surface area contributed by atoms with E-state index in [0.717, 1.165) is 28.9 Å². The maximum atomic E-state index is 11.4. The van der Waals surface area contributed by atoms with Crippen molar-refractivity contribution in [3.05, 3.63) is 76.6 Å². The van der Waals surface area contributed by atoms with E-state index in [1.807, 2.05) is 24.3 Å². The van der Waals surface area contributed by atoms with Crippen LogP contribution in [0.1, 0.15) is 33.8 Å². The highest BCUT2D eigenvalue weighted by Crippen LogP contribution is 2.38. The van der Waals surface area contributed by atoms with Crippen LogP contribution in [-0.4, -0.2) is 29.2 Å². The van der Waals surface area contributed by atoms with E-state index in [9.17, 15) is 9.90 Å². The summed E-state index contributed by atoms with van der Waals surface area (Å²) in [4.78, 5) is 15.4. The quantitative estimate of drug-likeness (QED) is 0.607. The molecule has 2 N–H and O–H groups in total. The average molecular weight is 420 g/mol. The van der Waals surface area contributed by atoms with E-state index in [-0.39, 0.29) is 11.5 Å². The smallest absolute Gasteiger partial charge is 0.337 e. The lowest BCUT2D eigenvalue weighted by molar-refractivity contribution is 0.0697. The van der Waals surface area contributed by atoms with Gasteiger partial charge in [-0.05, 0) is 41.8 Å². The van der Waals surface area contributed by atoms with Crippen molar-refractivity contribution in [3.63, 3.8) is 0 Å². The Hall–Kier alpha value is -3.56. The summed E-state index contributed by atoms with van der Waals surface area (Å²) in [6.07, 6.45) is 3.81. The Morgan fingerprint density at radius 3 is 2.93 bits per heavy atom. The summed E-state index contributed by atoms with van der Waals surface area (Å²) in [7, 11) is 0. The molecule has 1 aliphatic rings. The molecule has 150 valence electrons. The summed E-state index contributed by atoms with van der Waals surface area (Å²) in [6.45, 7) is 1.14. The topological polar surface area (TPSA) is 95.2 Å². The monoisotopic (exact) mass is 419 g/mol. The van der Waals surface area contributed by atoms with Gasteiger partial charge in [0.2, 0.25) is 0 Å². The largest absolute Gasteiger partial charge is 0.493 e. The maximum absolute atomic E-state index is 11.4. The third-order valence-corrected chi connectivity index (χ3v) is 5.49. The molecule has 0 saturated carbocycles. The highest BCUT2D eigenvalue weighted by Gasteiger charge is 2.23. The van der Waals surface area contributed by atoms with Crippen molar-refractivity contribution in [2.24, 2.45) is 0 Å². The van der Waals surface area contributed by atoms with Gasteiger partial charge in [0.1, 0.15) is 5.75 Å². The summed E-state index contributed by atoms with van der Waals surface area (Å²) in [5, 5.41) is 22.1. The minimum Gasteiger partial charge on any atom is -0.493 e. The molecule has 0 amide bonds. The number of aromatic carboxylic acids is 1. The van der Waals surface area contributed by atoms with Crippen molar-refractivity contribution in [2.45, 2.75) is 12.3 Å². The fourth-order valence-corrected chi connectivity index (χ4v) is 3.91. The first-order valence-corrected chi connectivity index (χ1v) is 9.82. The molecule has 2 aromatic carbocycles. The normalized spacial score (nSPS) is 14.9. The fraction of sp³-hybridized carbons (Fsp3) is 0.174. The zero-order valence-corrected chi connectivity index (χ0v) is 16.7. The van der Waals surface area contributed by atoms with Crippen molar-refractivity contribution in [1.29, 1.82) is 5.26 Å². The molecule has 0 fully saturated rings. The molecule has 1 atom stereocenters. The summed E-state index contributed by atoms with van der Waals surface area (Å²) in [5.74, 6) is -0.0343. The molecule has 1 aromatic heterocycles. The zero-order chi connectivity index (χ0) is 21.1. The van der Waals surface area contributed by atoms with E-state index < -0.39 is 5.97 Å². The fourth-order valence-electron chi connectivity index (χ4n) is 3.62. The molecular formula is C23H18ClN3O3. The van der Waals surface area contributed by atoms with Gasteiger partial charge in [-0.2, -0.15) is 5.26 Å². The van der Waals surface area contributed by atoms with Crippen LogP contribution in [-0.2, 0) is 0 Å². The molecule has 0 unspecified atom stereocenters. The summed E-state index contributed by atoms with van der Waals surface area (Å²) in [6, 6.07) is 14.8. The third-order valence-electron chi connectivity index (χ3n) is 5.18. The van der Waals surface area contributed by atoms with Crippen LogP contribution in [0.25, 0.3) is 11.1 Å². The van der Waals surface area contributed by atoms with Crippen molar-refractivity contribution < 1.29 is 14.6 Å². The number of hydrogen-bond donors (Lipinski definition) is 2. The molecule has 0 aliphatic carbocycles. The van der Waals surface area contributed by atoms with Gasteiger partial charge in [-0.15, -0.1) is 0 Å². The third kappa shape index (κ3) is 3.93. The lowest BCUT2D eigenvalue weighted by Gasteiger charge is -2.27. The number of aromatic nitrogens is 1. The zero-order valence-electron chi connectivity index (χ0n) is 15.9. The van der Waals surface area contributed by atoms with E-state index in [4.69, 9.17) is 21.6 Å². The van der Waals surface area contributed by atoms with Crippen molar-refractivity contribution in [3.8, 4) is 22.9 Å². The Kier molecular flexibility index (Phi) is 5.55. The van der Waals surface area contributed by atoms with Gasteiger partial charge in [-0.1, -0.05) is 29.8 Å². The Balaban J connectivity index is 1.57. The van der Waals surface area contributed by atoms with E-state index in [2.05, 4.69) is 16.4 Å². The number of rotatable bonds is 5. The van der Waals surface area contributed by atoms with Gasteiger partial charge in [0, 0.05) is 29.2 Å². The molecule has 2 heterocycles. The second-order valence-corrected chi connectivity index (χ2v) is 7.41. The highest BCUT2D eigenvalue weighted by molar-refractivity contribution is 6.33. The molecule has 0 spiro atoms. The Labute approximate surface area is 178 Å². The molecule has 0 bridgehead atoms. The van der Waals surface area contributed by atoms with Crippen molar-refractivity contribution in [2.75, 3.05) is 18.5 Å². The highest BCUT2D eigenvalue weighted by atomic mass is 35.5. The van der Waals surface area contributed by atoms with Crippen LogP contribution in [0.15, 0.2) is 54.9 Å². The van der Waals surface area contributed by atoms with Crippen molar-refractivity contribution >= 4 is 23.3 Å². The molecule has 0 saturated heterocycles. The molecule has 1 aliphatic heterocycles. The second-order valence-electron chi connectivity index (χ2n) is 7.00. The van der Waals surface area contributed by atoms with Crippen LogP contribution < -0.4 is 10.1 Å². The van der Waals surface area contributed by atoms with Crippen LogP contribution in [0.4, 0.5) is 5.69 Å². The van der Waals surface area contributed by atoms with Gasteiger partial charge < -0.3 is 15.2 Å². The SMILES string of the molecule is N#Cc1ccc(-c2ccc3c(c2)OCC[C@@H]3CNc2cnccc2C(=O)O)c(Cl)c1. The number of nitrogens with zero attached hydrogens (tertiary/aromatic N) is 2. The average Bonchev–Trinajstić information content (AvgIpc) is 2.77. The van der Waals surface area contributed by atoms with Gasteiger partial charge in [0.15, 0.2) is 0 Å². The number of hydrogen-bond acceptors (Lipinski definition) is 5. The van der Waals surface area contributed by atoms with Crippen LogP contribution in [0.2, 0.25) is 5.02 Å². The first-order valence-electron chi connectivity index (χ1n) is 9.44. The minimum absolute atomic E-state index is 0.168. The van der Waals surface area contributed by atoms with Crippen LogP contribution in [0.5, 0.6) is 5.75 Å². The Bertz CT molecular complexity index is 1160. The molecular weight excluding hydrogens is 402 g/mol. The van der Waals surface area contributed by atoms with Gasteiger partial charge in [0.05, 0.1) is 35.7 Å². The Morgan fingerprint density at radius 2 is 2.17 bits per heavy atom. The molecule has 3 aromatic rings. The standard InChI is InChI=1S/C23H18ClN3O3/c24-20-9-14(11-25)1-3-17(20)15-2-4-18-16(6-8-30-22(18)10-15)12-27-21-13-26-7-5-19(21)23(28)29/h1-5,7,9-10,13,16,27H,6,8,12H2,(H,28,29)/t16-/m1/s1. The number of anilines is 1. The molecule has 30 heavy (non-hydrogen) atoms. The molecule has 7 heteroatoms. The Morgan fingerprint density at radius 1 is 1.30 bits per heavy atom. The predicted octanol–water partition coefficient (Wildman–Crippen LogP) is 4.95. The summed E-state index contributed by atoms with van der Waals surface area (Å²) < 4.78 is 5.88. The number of carboxylic acid groups (broad SMARTS) is 1. The minimum atomic E-state index is -0.990. The van der Waals surface area contributed by atoms with Crippen LogP contribution >= 0.6 is 11.6 Å². The lowest BCUT2D eigenvalue weighted by Crippen LogP contribution is -2.21. The van der Waals surface area contributed by atoms with Gasteiger partial charge in [-0.3, -0.25) is 4.98 Å². The number of benzene rings is 2.